The molecule has 2 unspecified atom stereocenters. The highest BCUT2D eigenvalue weighted by Gasteiger charge is 2.36. The molecule has 1 saturated heterocycles. The molecule has 9 heteroatoms. The van der Waals surface area contributed by atoms with E-state index in [1.807, 2.05) is 6.92 Å². The largest absolute Gasteiger partial charge is 0.490 e. The summed E-state index contributed by atoms with van der Waals surface area (Å²) < 4.78 is 35.3. The molecule has 240 valence electrons. The summed E-state index contributed by atoms with van der Waals surface area (Å²) in [5.74, 6) is 1.30. The van der Waals surface area contributed by atoms with Gasteiger partial charge in [0.15, 0.2) is 0 Å². The normalized spacial score (nSPS) is 21.7. The Morgan fingerprint density at radius 2 is 1.72 bits per heavy atom. The Hall–Kier alpha value is -2.24. The predicted molar refractivity (Wildman–Crippen MR) is 168 cm³/mol. The molecule has 2 aromatic carbocycles. The smallest absolute Gasteiger partial charge is 0.142 e. The second kappa shape index (κ2) is 17.9. The van der Waals surface area contributed by atoms with Crippen molar-refractivity contribution >= 4 is 5.69 Å². The van der Waals surface area contributed by atoms with Gasteiger partial charge in [-0.3, -0.25) is 0 Å². The Morgan fingerprint density at radius 1 is 0.953 bits per heavy atom. The fourth-order valence-corrected chi connectivity index (χ4v) is 5.76. The van der Waals surface area contributed by atoms with Crippen LogP contribution in [-0.4, -0.2) is 96.9 Å². The van der Waals surface area contributed by atoms with Gasteiger partial charge in [-0.25, -0.2) is 0 Å². The molecule has 2 heterocycles. The zero-order valence-electron chi connectivity index (χ0n) is 26.5. The zero-order valence-corrected chi connectivity index (χ0v) is 26.5. The van der Waals surface area contributed by atoms with E-state index in [2.05, 4.69) is 59.6 Å². The van der Waals surface area contributed by atoms with Crippen molar-refractivity contribution in [2.24, 2.45) is 5.92 Å². The third-order valence-corrected chi connectivity index (χ3v) is 8.18. The Morgan fingerprint density at radius 3 is 2.47 bits per heavy atom. The average molecular weight is 601 g/mol. The van der Waals surface area contributed by atoms with Crippen molar-refractivity contribution < 1.29 is 33.5 Å². The van der Waals surface area contributed by atoms with Crippen LogP contribution in [0.1, 0.15) is 49.3 Å². The van der Waals surface area contributed by atoms with Crippen molar-refractivity contribution in [3.8, 4) is 5.75 Å². The molecule has 4 rings (SSSR count). The summed E-state index contributed by atoms with van der Waals surface area (Å²) in [6, 6.07) is 15.0. The lowest BCUT2D eigenvalue weighted by Crippen LogP contribution is -2.51. The Labute approximate surface area is 257 Å². The average Bonchev–Trinajstić information content (AvgIpc) is 3.03. The molecule has 0 aromatic heterocycles. The Balaban J connectivity index is 1.45. The first kappa shape index (κ1) is 33.6. The van der Waals surface area contributed by atoms with Crippen LogP contribution in [-0.2, 0) is 36.9 Å². The molecule has 0 aliphatic carbocycles. The van der Waals surface area contributed by atoms with Gasteiger partial charge in [-0.2, -0.15) is 0 Å². The maximum absolute atomic E-state index is 10.2. The molecule has 0 saturated carbocycles. The molecule has 1 fully saturated rings. The lowest BCUT2D eigenvalue weighted by molar-refractivity contribution is -0.0777. The van der Waals surface area contributed by atoms with Crippen LogP contribution >= 0.6 is 0 Å². The number of anilines is 1. The van der Waals surface area contributed by atoms with E-state index >= 15 is 0 Å². The van der Waals surface area contributed by atoms with Crippen LogP contribution in [0.3, 0.4) is 0 Å². The minimum Gasteiger partial charge on any atom is -0.490 e. The number of aliphatic hydroxyl groups is 1. The fraction of sp³-hybridized carbons (Fsp3) is 0.647. The van der Waals surface area contributed by atoms with Gasteiger partial charge in [-0.05, 0) is 41.7 Å². The number of piperidine rings is 1. The monoisotopic (exact) mass is 600 g/mol. The number of ether oxygens (including phenoxy) is 6. The van der Waals surface area contributed by atoms with Gasteiger partial charge in [0, 0.05) is 52.3 Å². The summed E-state index contributed by atoms with van der Waals surface area (Å²) in [5, 5.41) is 13.7. The summed E-state index contributed by atoms with van der Waals surface area (Å²) >= 11 is 0. The second-order valence-corrected chi connectivity index (χ2v) is 11.8. The summed E-state index contributed by atoms with van der Waals surface area (Å²) in [6.07, 6.45) is 0.932. The van der Waals surface area contributed by atoms with E-state index < -0.39 is 6.10 Å². The van der Waals surface area contributed by atoms with Gasteiger partial charge >= 0.3 is 0 Å². The predicted octanol–water partition coefficient (Wildman–Crippen LogP) is 4.15. The summed E-state index contributed by atoms with van der Waals surface area (Å²) in [6.45, 7) is 11.5. The number of hydrogen-bond donors (Lipinski definition) is 2. The number of nitrogens with zero attached hydrogens (tertiary/aromatic N) is 1. The first-order valence-corrected chi connectivity index (χ1v) is 15.8. The first-order valence-electron chi connectivity index (χ1n) is 15.8. The lowest BCUT2D eigenvalue weighted by Gasteiger charge is -2.39. The van der Waals surface area contributed by atoms with E-state index in [1.165, 1.54) is 5.56 Å². The molecule has 0 amide bonds. The van der Waals surface area contributed by atoms with E-state index in [9.17, 15) is 5.11 Å². The molecule has 2 N–H and O–H groups in total. The van der Waals surface area contributed by atoms with E-state index in [-0.39, 0.29) is 18.1 Å². The molecule has 43 heavy (non-hydrogen) atoms. The first-order chi connectivity index (χ1) is 21.0. The van der Waals surface area contributed by atoms with Gasteiger partial charge in [0.2, 0.25) is 0 Å². The molecule has 2 aliphatic rings. The summed E-state index contributed by atoms with van der Waals surface area (Å²) in [4.78, 5) is 2.37. The highest BCUT2D eigenvalue weighted by atomic mass is 16.5. The van der Waals surface area contributed by atoms with Gasteiger partial charge in [0.25, 0.3) is 0 Å². The van der Waals surface area contributed by atoms with E-state index in [1.54, 1.807) is 14.2 Å². The second-order valence-electron chi connectivity index (χ2n) is 11.8. The van der Waals surface area contributed by atoms with Crippen LogP contribution in [0.4, 0.5) is 5.69 Å². The van der Waals surface area contributed by atoms with Crippen LogP contribution in [0.5, 0.6) is 5.75 Å². The number of hydrogen-bond acceptors (Lipinski definition) is 9. The number of rotatable bonds is 18. The van der Waals surface area contributed by atoms with Gasteiger partial charge < -0.3 is 43.7 Å². The molecule has 0 radical (unpaired) electrons. The maximum Gasteiger partial charge on any atom is 0.142 e. The van der Waals surface area contributed by atoms with Crippen molar-refractivity contribution in [2.75, 3.05) is 78.3 Å². The number of fused-ring (bicyclic) bond motifs is 1. The standard InChI is InChI=1S/C34H52N2O7/c1-5-29(37)24-43-33-19-35-18-32(34(33)28-10-7-26(8-11-28)22-40-21-25(2)20-39-4)42-23-27-9-12-31-30(17-27)36(14-16-41-31)13-6-15-38-3/h7-12,17,25,29,32-35,37H,5-6,13-16,18-24H2,1-4H3/t25-,29?,32-,33+,34?/m0/s1. The third kappa shape index (κ3) is 10.1. The van der Waals surface area contributed by atoms with Crippen LogP contribution in [0.25, 0.3) is 0 Å². The molecule has 5 atom stereocenters. The van der Waals surface area contributed by atoms with E-state index in [0.29, 0.717) is 58.5 Å². The minimum absolute atomic E-state index is 0.0218. The van der Waals surface area contributed by atoms with Crippen molar-refractivity contribution in [1.29, 1.82) is 0 Å². The SMILES string of the molecule is CCC(O)CO[C@@H]1CNC[C@H](OCc2ccc3c(c2)N(CCCOC)CCO3)C1c1ccc(COC[C@@H](C)COC)cc1. The number of aliphatic hydroxyl groups excluding tert-OH is 1. The van der Waals surface area contributed by atoms with Crippen LogP contribution in [0, 0.1) is 5.92 Å². The van der Waals surface area contributed by atoms with Crippen LogP contribution < -0.4 is 15.0 Å². The molecule has 2 aromatic rings. The zero-order chi connectivity index (χ0) is 30.4. The molecule has 9 nitrogen and oxygen atoms in total. The van der Waals surface area contributed by atoms with E-state index in [4.69, 9.17) is 28.4 Å². The van der Waals surface area contributed by atoms with Crippen molar-refractivity contribution in [1.82, 2.24) is 5.32 Å². The lowest BCUT2D eigenvalue weighted by atomic mass is 9.85. The molecule has 2 aliphatic heterocycles. The number of nitrogens with one attached hydrogen (secondary N) is 1. The molecule has 0 spiro atoms. The van der Waals surface area contributed by atoms with Crippen molar-refractivity contribution in [3.05, 3.63) is 59.2 Å². The highest BCUT2D eigenvalue weighted by molar-refractivity contribution is 5.61. The highest BCUT2D eigenvalue weighted by Crippen LogP contribution is 2.35. The molecule has 0 bridgehead atoms. The molecular weight excluding hydrogens is 548 g/mol. The van der Waals surface area contributed by atoms with Gasteiger partial charge in [-0.15, -0.1) is 0 Å². The quantitative estimate of drug-likeness (QED) is 0.245. The number of methoxy groups -OCH3 is 2. The number of benzene rings is 2. The van der Waals surface area contributed by atoms with E-state index in [0.717, 1.165) is 55.2 Å². The van der Waals surface area contributed by atoms with Gasteiger partial charge in [0.1, 0.15) is 12.4 Å². The van der Waals surface area contributed by atoms with Gasteiger partial charge in [-0.1, -0.05) is 44.2 Å². The van der Waals surface area contributed by atoms with Crippen molar-refractivity contribution in [2.45, 2.75) is 64.1 Å². The van der Waals surface area contributed by atoms with Crippen molar-refractivity contribution in [3.63, 3.8) is 0 Å². The van der Waals surface area contributed by atoms with Gasteiger partial charge in [0.05, 0.1) is 63.6 Å². The fourth-order valence-electron chi connectivity index (χ4n) is 5.76. The molecular formula is C34H52N2O7. The van der Waals surface area contributed by atoms with Crippen LogP contribution in [0.15, 0.2) is 42.5 Å². The summed E-state index contributed by atoms with van der Waals surface area (Å²) in [7, 11) is 3.46. The topological polar surface area (TPSA) is 90.9 Å². The maximum atomic E-state index is 10.2. The Kier molecular flexibility index (Phi) is 14.0. The van der Waals surface area contributed by atoms with Crippen LogP contribution in [0.2, 0.25) is 0 Å². The minimum atomic E-state index is -0.480. The summed E-state index contributed by atoms with van der Waals surface area (Å²) in [5.41, 5.74) is 4.53. The Bertz CT molecular complexity index is 1070. The third-order valence-electron chi connectivity index (χ3n) is 8.18.